The minimum atomic E-state index is -0.732. The summed E-state index contributed by atoms with van der Waals surface area (Å²) in [4.78, 5) is 41.4. The van der Waals surface area contributed by atoms with E-state index in [2.05, 4.69) is 10.6 Å². The van der Waals surface area contributed by atoms with Crippen molar-refractivity contribution >= 4 is 17.5 Å². The average Bonchev–Trinajstić information content (AvgIpc) is 3.30. The van der Waals surface area contributed by atoms with Crippen LogP contribution < -0.4 is 21.1 Å². The molecule has 1 aliphatic carbocycles. The Kier molecular flexibility index (Phi) is 7.64. The number of carbonyl (C=O) groups excluding carboxylic acids is 2. The molecule has 2 heterocycles. The van der Waals surface area contributed by atoms with Crippen LogP contribution in [0.2, 0.25) is 0 Å². The molecule has 1 aliphatic heterocycles. The van der Waals surface area contributed by atoms with Crippen LogP contribution >= 0.6 is 0 Å². The maximum Gasteiger partial charge on any atom is 0.275 e. The number of pyridine rings is 1. The van der Waals surface area contributed by atoms with Crippen molar-refractivity contribution in [2.45, 2.75) is 64.1 Å². The van der Waals surface area contributed by atoms with Gasteiger partial charge in [0.2, 0.25) is 11.8 Å². The van der Waals surface area contributed by atoms with Crippen LogP contribution in [0.1, 0.15) is 50.2 Å². The van der Waals surface area contributed by atoms with Gasteiger partial charge < -0.3 is 20.1 Å². The monoisotopic (exact) mass is 486 g/mol. The molecule has 2 aromatic rings. The topological polar surface area (TPSA) is 83.4 Å². The van der Waals surface area contributed by atoms with Gasteiger partial charge in [0, 0.05) is 24.4 Å². The fraction of sp³-hybridized carbons (Fsp3) is 0.500. The molecule has 2 N–H and O–H groups in total. The highest BCUT2D eigenvalue weighted by Crippen LogP contribution is 2.31. The standard InChI is InChI=1S/C26H32F2N4O3/c1-16(29-2)24(33)30-22(17-6-4-3-5-7-17)25(34)32-13-11-18-10-12-31(26(35)23(18)32)15-19-8-9-20(27)14-21(19)28/h8-10,12,14,16-17,22,29H,3-7,11,13,15H2,1-2H3,(H,30,33)/t16-,22-/m0/s1. The Morgan fingerprint density at radius 2 is 1.89 bits per heavy atom. The maximum atomic E-state index is 14.2. The van der Waals surface area contributed by atoms with Gasteiger partial charge in [-0.1, -0.05) is 25.3 Å². The Morgan fingerprint density at radius 3 is 2.57 bits per heavy atom. The average molecular weight is 487 g/mol. The number of hydrogen-bond acceptors (Lipinski definition) is 4. The molecule has 7 nitrogen and oxygen atoms in total. The number of carbonyl (C=O) groups is 2. The van der Waals surface area contributed by atoms with Crippen LogP contribution in [0.3, 0.4) is 0 Å². The summed E-state index contributed by atoms with van der Waals surface area (Å²) in [6, 6.07) is 3.84. The first kappa shape index (κ1) is 25.0. The number of nitrogens with zero attached hydrogens (tertiary/aromatic N) is 2. The number of fused-ring (bicyclic) bond motifs is 1. The van der Waals surface area contributed by atoms with Crippen LogP contribution in [-0.4, -0.2) is 42.1 Å². The molecule has 0 spiro atoms. The van der Waals surface area contributed by atoms with E-state index in [9.17, 15) is 23.2 Å². The van der Waals surface area contributed by atoms with Crippen molar-refractivity contribution in [1.29, 1.82) is 0 Å². The molecule has 0 saturated heterocycles. The van der Waals surface area contributed by atoms with Crippen molar-refractivity contribution in [3.05, 3.63) is 63.6 Å². The highest BCUT2D eigenvalue weighted by atomic mass is 19.1. The quantitative estimate of drug-likeness (QED) is 0.631. The Labute approximate surface area is 203 Å². The summed E-state index contributed by atoms with van der Waals surface area (Å²) < 4.78 is 28.8. The number of nitrogens with one attached hydrogen (secondary N) is 2. The van der Waals surface area contributed by atoms with Gasteiger partial charge >= 0.3 is 0 Å². The van der Waals surface area contributed by atoms with Crippen molar-refractivity contribution in [2.24, 2.45) is 5.92 Å². The van der Waals surface area contributed by atoms with Gasteiger partial charge in [0.25, 0.3) is 5.56 Å². The third-order valence-corrected chi connectivity index (χ3v) is 7.23. The third kappa shape index (κ3) is 5.29. The van der Waals surface area contributed by atoms with Crippen LogP contribution in [0.25, 0.3) is 0 Å². The zero-order chi connectivity index (χ0) is 25.1. The highest BCUT2D eigenvalue weighted by Gasteiger charge is 2.38. The van der Waals surface area contributed by atoms with E-state index in [0.717, 1.165) is 49.8 Å². The van der Waals surface area contributed by atoms with E-state index in [1.807, 2.05) is 0 Å². The second-order valence-corrected chi connectivity index (χ2v) is 9.49. The molecule has 35 heavy (non-hydrogen) atoms. The zero-order valence-corrected chi connectivity index (χ0v) is 20.2. The molecule has 2 amide bonds. The Morgan fingerprint density at radius 1 is 1.14 bits per heavy atom. The number of benzene rings is 1. The van der Waals surface area contributed by atoms with Gasteiger partial charge in [-0.25, -0.2) is 8.78 Å². The van der Waals surface area contributed by atoms with Crippen molar-refractivity contribution < 1.29 is 18.4 Å². The van der Waals surface area contributed by atoms with Gasteiger partial charge in [0.1, 0.15) is 23.4 Å². The van der Waals surface area contributed by atoms with Gasteiger partial charge in [-0.3, -0.25) is 14.4 Å². The van der Waals surface area contributed by atoms with Crippen LogP contribution in [0, 0.1) is 17.6 Å². The van der Waals surface area contributed by atoms with Gasteiger partial charge in [-0.2, -0.15) is 0 Å². The van der Waals surface area contributed by atoms with Crippen LogP contribution in [-0.2, 0) is 22.6 Å². The summed E-state index contributed by atoms with van der Waals surface area (Å²) in [7, 11) is 1.69. The smallest absolute Gasteiger partial charge is 0.275 e. The summed E-state index contributed by atoms with van der Waals surface area (Å²) in [6.45, 7) is 2.00. The fourth-order valence-electron chi connectivity index (χ4n) is 5.04. The first-order valence-electron chi connectivity index (χ1n) is 12.3. The first-order chi connectivity index (χ1) is 16.8. The Hall–Kier alpha value is -3.07. The minimum absolute atomic E-state index is 0.00700. The molecule has 0 radical (unpaired) electrons. The summed E-state index contributed by atoms with van der Waals surface area (Å²) in [5.41, 5.74) is 0.792. The minimum Gasteiger partial charge on any atom is -0.343 e. The predicted molar refractivity (Wildman–Crippen MR) is 129 cm³/mol. The number of likely N-dealkylation sites (N-methyl/N-ethyl adjacent to an activating group) is 1. The largest absolute Gasteiger partial charge is 0.343 e. The summed E-state index contributed by atoms with van der Waals surface area (Å²) in [6.07, 6.45) is 6.89. The Balaban J connectivity index is 1.63. The maximum absolute atomic E-state index is 14.2. The molecule has 4 rings (SSSR count). The van der Waals surface area contributed by atoms with Gasteiger partial charge in [0.15, 0.2) is 0 Å². The van der Waals surface area contributed by atoms with Gasteiger partial charge in [0.05, 0.1) is 12.6 Å². The molecule has 9 heteroatoms. The summed E-state index contributed by atoms with van der Waals surface area (Å²) >= 11 is 0. The van der Waals surface area contributed by atoms with E-state index in [-0.39, 0.29) is 35.5 Å². The van der Waals surface area contributed by atoms with E-state index in [1.165, 1.54) is 15.5 Å². The lowest BCUT2D eigenvalue weighted by Gasteiger charge is -2.33. The van der Waals surface area contributed by atoms with Crippen LogP contribution in [0.15, 0.2) is 35.3 Å². The van der Waals surface area contributed by atoms with Crippen molar-refractivity contribution in [3.8, 4) is 0 Å². The fourth-order valence-corrected chi connectivity index (χ4v) is 5.04. The predicted octanol–water partition coefficient (Wildman–Crippen LogP) is 2.74. The van der Waals surface area contributed by atoms with Gasteiger partial charge in [-0.15, -0.1) is 0 Å². The molecule has 1 saturated carbocycles. The lowest BCUT2D eigenvalue weighted by molar-refractivity contribution is -0.130. The number of rotatable bonds is 7. The molecule has 1 aromatic carbocycles. The van der Waals surface area contributed by atoms with Gasteiger partial charge in [-0.05, 0) is 56.8 Å². The molecule has 1 aromatic heterocycles. The van der Waals surface area contributed by atoms with E-state index < -0.39 is 29.3 Å². The molecule has 2 aliphatic rings. The molecular weight excluding hydrogens is 454 g/mol. The summed E-state index contributed by atoms with van der Waals surface area (Å²) in [5, 5.41) is 5.85. The number of amides is 2. The number of halogens is 2. The molecule has 188 valence electrons. The molecule has 0 unspecified atom stereocenters. The number of aromatic nitrogens is 1. The SMILES string of the molecule is CN[C@@H](C)C(=O)N[C@H](C(=O)N1CCc2ccn(Cc3ccc(F)cc3F)c(=O)c21)C1CCCCC1. The first-order valence-corrected chi connectivity index (χ1v) is 12.3. The van der Waals surface area contributed by atoms with Crippen LogP contribution in [0.4, 0.5) is 14.5 Å². The van der Waals surface area contributed by atoms with Crippen molar-refractivity contribution in [1.82, 2.24) is 15.2 Å². The second-order valence-electron chi connectivity index (χ2n) is 9.49. The second kappa shape index (κ2) is 10.7. The Bertz CT molecular complexity index is 1160. The molecule has 1 fully saturated rings. The zero-order valence-electron chi connectivity index (χ0n) is 20.2. The molecular formula is C26H32F2N4O3. The van der Waals surface area contributed by atoms with E-state index >= 15 is 0 Å². The number of hydrogen-bond donors (Lipinski definition) is 2. The normalized spacial score (nSPS) is 17.7. The lowest BCUT2D eigenvalue weighted by atomic mass is 9.83. The number of anilines is 1. The summed E-state index contributed by atoms with van der Waals surface area (Å²) in [5.74, 6) is -1.95. The third-order valence-electron chi connectivity index (χ3n) is 7.23. The lowest BCUT2D eigenvalue weighted by Crippen LogP contribution is -2.56. The van der Waals surface area contributed by atoms with E-state index in [4.69, 9.17) is 0 Å². The van der Waals surface area contributed by atoms with Crippen molar-refractivity contribution in [2.75, 3.05) is 18.5 Å². The highest BCUT2D eigenvalue weighted by molar-refractivity contribution is 6.01. The van der Waals surface area contributed by atoms with Crippen molar-refractivity contribution in [3.63, 3.8) is 0 Å². The van der Waals surface area contributed by atoms with Crippen LogP contribution in [0.5, 0.6) is 0 Å². The van der Waals surface area contributed by atoms with E-state index in [0.29, 0.717) is 13.0 Å². The van der Waals surface area contributed by atoms with E-state index in [1.54, 1.807) is 26.2 Å². The molecule has 2 atom stereocenters. The molecule has 0 bridgehead atoms.